The molecule has 0 saturated heterocycles. The number of fused-ring (bicyclic) bond motifs is 1. The first-order valence-corrected chi connectivity index (χ1v) is 7.76. The average Bonchev–Trinajstić information content (AvgIpc) is 2.68. The van der Waals surface area contributed by atoms with Gasteiger partial charge in [0.05, 0.1) is 18.2 Å². The highest BCUT2D eigenvalue weighted by Gasteiger charge is 2.27. The van der Waals surface area contributed by atoms with Crippen LogP contribution in [0, 0.1) is 10.1 Å². The van der Waals surface area contributed by atoms with Crippen LogP contribution < -0.4 is 19.6 Å². The summed E-state index contributed by atoms with van der Waals surface area (Å²) in [5, 5.41) is 24.5. The molecule has 140 valence electrons. The van der Waals surface area contributed by atoms with Crippen LogP contribution >= 0.6 is 0 Å². The summed E-state index contributed by atoms with van der Waals surface area (Å²) in [6.07, 6.45) is 0.297. The normalized spacial score (nSPS) is 15.4. The summed E-state index contributed by atoms with van der Waals surface area (Å²) in [7, 11) is 1.26. The molecule has 1 heterocycles. The molecule has 2 N–H and O–H groups in total. The number of ether oxygens (including phenoxy) is 3. The number of phenolic OH excluding ortho intramolecular Hbond substituents is 1. The molecule has 10 heteroatoms. The van der Waals surface area contributed by atoms with Crippen molar-refractivity contribution in [2.75, 3.05) is 13.7 Å². The molecule has 0 radical (unpaired) electrons. The minimum absolute atomic E-state index is 0.0247. The van der Waals surface area contributed by atoms with E-state index in [4.69, 9.17) is 14.2 Å². The molecule has 1 atom stereocenters. The number of carbonyl (C=O) groups excluding carboxylic acids is 1. The number of phenols is 1. The van der Waals surface area contributed by atoms with Crippen molar-refractivity contribution in [1.29, 1.82) is 0 Å². The van der Waals surface area contributed by atoms with E-state index in [0.717, 1.165) is 6.07 Å². The van der Waals surface area contributed by atoms with Crippen LogP contribution in [0.2, 0.25) is 0 Å². The lowest BCUT2D eigenvalue weighted by atomic mass is 10.2. The molecule has 2 aromatic carbocycles. The predicted molar refractivity (Wildman–Crippen MR) is 93.4 cm³/mol. The number of nitro benzene ring substituents is 1. The number of amides is 1. The molecule has 0 bridgehead atoms. The molecule has 0 saturated carbocycles. The van der Waals surface area contributed by atoms with Crippen LogP contribution in [0.5, 0.6) is 23.0 Å². The molecule has 1 unspecified atom stereocenters. The van der Waals surface area contributed by atoms with Crippen molar-refractivity contribution >= 4 is 17.8 Å². The number of methoxy groups -OCH3 is 1. The number of para-hydroxylation sites is 2. The van der Waals surface area contributed by atoms with Crippen molar-refractivity contribution < 1.29 is 29.0 Å². The van der Waals surface area contributed by atoms with Gasteiger partial charge in [0, 0.05) is 11.6 Å². The number of nitro groups is 1. The third-order valence-electron chi connectivity index (χ3n) is 3.68. The van der Waals surface area contributed by atoms with E-state index in [2.05, 4.69) is 10.5 Å². The van der Waals surface area contributed by atoms with Gasteiger partial charge in [0.25, 0.3) is 5.91 Å². The van der Waals surface area contributed by atoms with Gasteiger partial charge in [0.15, 0.2) is 17.2 Å². The first-order chi connectivity index (χ1) is 13.0. The van der Waals surface area contributed by atoms with E-state index in [-0.39, 0.29) is 17.9 Å². The van der Waals surface area contributed by atoms with Gasteiger partial charge in [-0.05, 0) is 18.2 Å². The average molecular weight is 373 g/mol. The lowest BCUT2D eigenvalue weighted by molar-refractivity contribution is -0.386. The van der Waals surface area contributed by atoms with Gasteiger partial charge >= 0.3 is 5.69 Å². The third-order valence-corrected chi connectivity index (χ3v) is 3.68. The smallest absolute Gasteiger partial charge is 0.315 e. The highest BCUT2D eigenvalue weighted by molar-refractivity contribution is 5.86. The SMILES string of the molecule is COc1cc(C=NNC(=O)C2COc3ccccc3O2)cc([N+](=O)[O-])c1O. The number of benzene rings is 2. The Bertz CT molecular complexity index is 913. The number of hydrogen-bond donors (Lipinski definition) is 2. The molecule has 0 fully saturated rings. The van der Waals surface area contributed by atoms with E-state index in [0.29, 0.717) is 11.5 Å². The van der Waals surface area contributed by atoms with Crippen LogP contribution in [0.1, 0.15) is 5.56 Å². The summed E-state index contributed by atoms with van der Waals surface area (Å²) in [6.45, 7) is 0.0247. The molecule has 1 amide bonds. The zero-order chi connectivity index (χ0) is 19.4. The maximum atomic E-state index is 12.1. The molecule has 27 heavy (non-hydrogen) atoms. The number of nitrogens with zero attached hydrogens (tertiary/aromatic N) is 2. The summed E-state index contributed by atoms with van der Waals surface area (Å²) in [5.74, 6) is -0.214. The van der Waals surface area contributed by atoms with Crippen molar-refractivity contribution in [3.63, 3.8) is 0 Å². The number of hydrazone groups is 1. The Balaban J connectivity index is 1.68. The highest BCUT2D eigenvalue weighted by Crippen LogP contribution is 2.36. The zero-order valence-electron chi connectivity index (χ0n) is 14.1. The lowest BCUT2D eigenvalue weighted by Gasteiger charge is -2.24. The van der Waals surface area contributed by atoms with Crippen LogP contribution in [0.15, 0.2) is 41.5 Å². The van der Waals surface area contributed by atoms with Gasteiger partial charge in [-0.1, -0.05) is 12.1 Å². The number of aromatic hydroxyl groups is 1. The number of hydrogen-bond acceptors (Lipinski definition) is 8. The van der Waals surface area contributed by atoms with E-state index >= 15 is 0 Å². The molecule has 1 aliphatic heterocycles. The molecule has 0 spiro atoms. The Labute approximate surface area is 153 Å². The second kappa shape index (κ2) is 7.60. The molecular formula is C17H15N3O7. The minimum atomic E-state index is -0.888. The van der Waals surface area contributed by atoms with E-state index in [9.17, 15) is 20.0 Å². The van der Waals surface area contributed by atoms with Gasteiger partial charge < -0.3 is 19.3 Å². The molecule has 1 aliphatic rings. The quantitative estimate of drug-likeness (QED) is 0.462. The first-order valence-electron chi connectivity index (χ1n) is 7.76. The molecule has 10 nitrogen and oxygen atoms in total. The Hall–Kier alpha value is -3.82. The van der Waals surface area contributed by atoms with Gasteiger partial charge in [-0.2, -0.15) is 5.10 Å². The third kappa shape index (κ3) is 3.89. The summed E-state index contributed by atoms with van der Waals surface area (Å²) < 4.78 is 15.9. The van der Waals surface area contributed by atoms with Gasteiger partial charge in [0.2, 0.25) is 11.9 Å². The van der Waals surface area contributed by atoms with Gasteiger partial charge in [-0.15, -0.1) is 0 Å². The summed E-state index contributed by atoms with van der Waals surface area (Å²) in [4.78, 5) is 22.4. The fourth-order valence-corrected chi connectivity index (χ4v) is 2.37. The van der Waals surface area contributed by atoms with Crippen molar-refractivity contribution in [3.05, 3.63) is 52.1 Å². The molecule has 2 aromatic rings. The van der Waals surface area contributed by atoms with Crippen LogP contribution in [0.4, 0.5) is 5.69 Å². The summed E-state index contributed by atoms with van der Waals surface area (Å²) in [5.41, 5.74) is 2.00. The Morgan fingerprint density at radius 3 is 2.85 bits per heavy atom. The van der Waals surface area contributed by atoms with Gasteiger partial charge in [-0.3, -0.25) is 14.9 Å². The van der Waals surface area contributed by atoms with Crippen molar-refractivity contribution in [3.8, 4) is 23.0 Å². The number of carbonyl (C=O) groups is 1. The molecule has 0 aromatic heterocycles. The van der Waals surface area contributed by atoms with Gasteiger partial charge in [0.1, 0.15) is 6.61 Å². The van der Waals surface area contributed by atoms with E-state index in [1.165, 1.54) is 19.4 Å². The molecular weight excluding hydrogens is 358 g/mol. The van der Waals surface area contributed by atoms with Gasteiger partial charge in [-0.25, -0.2) is 5.43 Å². The fraction of sp³-hybridized carbons (Fsp3) is 0.176. The van der Waals surface area contributed by atoms with Crippen LogP contribution in [0.25, 0.3) is 0 Å². The van der Waals surface area contributed by atoms with E-state index in [1.807, 2.05) is 0 Å². The largest absolute Gasteiger partial charge is 0.500 e. The Kier molecular flexibility index (Phi) is 5.06. The fourth-order valence-electron chi connectivity index (χ4n) is 2.37. The zero-order valence-corrected chi connectivity index (χ0v) is 14.1. The lowest BCUT2D eigenvalue weighted by Crippen LogP contribution is -2.42. The van der Waals surface area contributed by atoms with E-state index < -0.39 is 28.4 Å². The molecule has 3 rings (SSSR count). The predicted octanol–water partition coefficient (Wildman–Crippen LogP) is 1.60. The second-order valence-corrected chi connectivity index (χ2v) is 5.45. The monoisotopic (exact) mass is 373 g/mol. The standard InChI is InChI=1S/C17H15N3O7/c1-25-14-7-10(6-11(16(14)21)20(23)24)8-18-19-17(22)15-9-26-12-4-2-3-5-13(12)27-15/h2-8,15,21H,9H2,1H3,(H,19,22). The Morgan fingerprint density at radius 2 is 2.15 bits per heavy atom. The van der Waals surface area contributed by atoms with Crippen LogP contribution in [-0.4, -0.2) is 42.0 Å². The topological polar surface area (TPSA) is 133 Å². The van der Waals surface area contributed by atoms with E-state index in [1.54, 1.807) is 24.3 Å². The van der Waals surface area contributed by atoms with Crippen molar-refractivity contribution in [1.82, 2.24) is 5.43 Å². The summed E-state index contributed by atoms with van der Waals surface area (Å²) >= 11 is 0. The first kappa shape index (κ1) is 18.0. The maximum Gasteiger partial charge on any atom is 0.315 e. The Morgan fingerprint density at radius 1 is 1.41 bits per heavy atom. The minimum Gasteiger partial charge on any atom is -0.500 e. The maximum absolute atomic E-state index is 12.1. The second-order valence-electron chi connectivity index (χ2n) is 5.45. The number of rotatable bonds is 5. The van der Waals surface area contributed by atoms with Crippen LogP contribution in [-0.2, 0) is 4.79 Å². The van der Waals surface area contributed by atoms with Crippen molar-refractivity contribution in [2.24, 2.45) is 5.10 Å². The van der Waals surface area contributed by atoms with Crippen LogP contribution in [0.3, 0.4) is 0 Å². The van der Waals surface area contributed by atoms with Crippen molar-refractivity contribution in [2.45, 2.75) is 6.10 Å². The molecule has 0 aliphatic carbocycles. The summed E-state index contributed by atoms with van der Waals surface area (Å²) in [6, 6.07) is 9.40. The highest BCUT2D eigenvalue weighted by atomic mass is 16.6. The number of nitrogens with one attached hydrogen (secondary N) is 1.